The molecule has 0 bridgehead atoms. The fourth-order valence-corrected chi connectivity index (χ4v) is 2.07. The molecule has 0 saturated carbocycles. The SMILES string of the molecule is CCC(=O)C=CC=CCCC=CCCCCCCC=CC(=O)C=C=O. The quantitative estimate of drug-likeness (QED) is 0.134. The molecule has 0 heterocycles. The fourth-order valence-electron chi connectivity index (χ4n) is 2.07. The average molecular weight is 342 g/mol. The van der Waals surface area contributed by atoms with E-state index in [0.717, 1.165) is 44.6 Å². The highest BCUT2D eigenvalue weighted by Crippen LogP contribution is 2.07. The van der Waals surface area contributed by atoms with Crippen molar-refractivity contribution in [1.29, 1.82) is 0 Å². The molecule has 0 fully saturated rings. The summed E-state index contributed by atoms with van der Waals surface area (Å²) in [6.45, 7) is 1.86. The Kier molecular flexibility index (Phi) is 16.5. The molecule has 0 atom stereocenters. The minimum atomic E-state index is -0.291. The molecule has 0 rings (SSSR count). The minimum Gasteiger partial charge on any atom is -0.295 e. The van der Waals surface area contributed by atoms with Gasteiger partial charge in [-0.3, -0.25) is 9.59 Å². The van der Waals surface area contributed by atoms with Crippen LogP contribution in [0.15, 0.2) is 54.7 Å². The van der Waals surface area contributed by atoms with Crippen LogP contribution >= 0.6 is 0 Å². The van der Waals surface area contributed by atoms with Crippen LogP contribution in [-0.2, 0) is 14.4 Å². The number of rotatable bonds is 15. The Balaban J connectivity index is 3.45. The van der Waals surface area contributed by atoms with Gasteiger partial charge in [0.15, 0.2) is 11.6 Å². The molecule has 136 valence electrons. The lowest BCUT2D eigenvalue weighted by molar-refractivity contribution is -0.114. The summed E-state index contributed by atoms with van der Waals surface area (Å²) in [7, 11) is 0. The number of allylic oxidation sites excluding steroid dienone is 9. The van der Waals surface area contributed by atoms with E-state index >= 15 is 0 Å². The average Bonchev–Trinajstić information content (AvgIpc) is 2.61. The standard InChI is InChI=1S/C22H30O3/c1-2-21(24)17-15-13-11-9-7-5-3-4-6-8-10-12-14-16-18-22(25)19-20-23/h3,5,11,13,15-19H,2,4,6-10,12,14H2,1H3. The summed E-state index contributed by atoms with van der Waals surface area (Å²) >= 11 is 0. The van der Waals surface area contributed by atoms with Crippen LogP contribution in [-0.4, -0.2) is 17.5 Å². The van der Waals surface area contributed by atoms with Crippen molar-refractivity contribution in [3.8, 4) is 0 Å². The third-order valence-electron chi connectivity index (χ3n) is 3.52. The maximum atomic E-state index is 11.0. The summed E-state index contributed by atoms with van der Waals surface area (Å²) in [4.78, 5) is 32.0. The summed E-state index contributed by atoms with van der Waals surface area (Å²) in [5, 5.41) is 0. The van der Waals surface area contributed by atoms with E-state index in [1.165, 1.54) is 24.9 Å². The van der Waals surface area contributed by atoms with Crippen molar-refractivity contribution in [2.24, 2.45) is 0 Å². The molecular weight excluding hydrogens is 312 g/mol. The van der Waals surface area contributed by atoms with Crippen molar-refractivity contribution < 1.29 is 14.4 Å². The molecule has 0 aromatic heterocycles. The van der Waals surface area contributed by atoms with Crippen molar-refractivity contribution in [2.45, 2.75) is 64.7 Å². The summed E-state index contributed by atoms with van der Waals surface area (Å²) in [5.74, 6) is 1.34. The number of ketones is 2. The van der Waals surface area contributed by atoms with Gasteiger partial charge in [0.2, 0.25) is 0 Å². The van der Waals surface area contributed by atoms with Gasteiger partial charge in [-0.05, 0) is 50.7 Å². The maximum absolute atomic E-state index is 11.0. The van der Waals surface area contributed by atoms with E-state index in [9.17, 15) is 14.4 Å². The Hall–Kier alpha value is -2.25. The highest BCUT2D eigenvalue weighted by molar-refractivity contribution is 6.03. The molecule has 0 radical (unpaired) electrons. The van der Waals surface area contributed by atoms with Gasteiger partial charge in [0.1, 0.15) is 5.94 Å². The molecule has 0 aromatic rings. The van der Waals surface area contributed by atoms with Crippen molar-refractivity contribution in [1.82, 2.24) is 0 Å². The summed E-state index contributed by atoms with van der Waals surface area (Å²) < 4.78 is 0. The van der Waals surface area contributed by atoms with Crippen LogP contribution in [0.25, 0.3) is 0 Å². The monoisotopic (exact) mass is 342 g/mol. The number of hydrogen-bond acceptors (Lipinski definition) is 3. The highest BCUT2D eigenvalue weighted by Gasteiger charge is 1.90. The molecule has 25 heavy (non-hydrogen) atoms. The van der Waals surface area contributed by atoms with Crippen LogP contribution in [0, 0.1) is 0 Å². The third kappa shape index (κ3) is 17.9. The van der Waals surface area contributed by atoms with Crippen LogP contribution < -0.4 is 0 Å². The third-order valence-corrected chi connectivity index (χ3v) is 3.52. The molecule has 0 aromatic carbocycles. The van der Waals surface area contributed by atoms with Crippen LogP contribution in [0.2, 0.25) is 0 Å². The number of carbonyl (C=O) groups is 2. The molecular formula is C22H30O3. The van der Waals surface area contributed by atoms with Crippen molar-refractivity contribution in [3.05, 3.63) is 54.7 Å². The Labute approximate surface area is 151 Å². The van der Waals surface area contributed by atoms with Crippen LogP contribution in [0.5, 0.6) is 0 Å². The molecule has 0 spiro atoms. The van der Waals surface area contributed by atoms with Crippen molar-refractivity contribution in [3.63, 3.8) is 0 Å². The zero-order chi connectivity index (χ0) is 18.6. The second-order valence-corrected chi connectivity index (χ2v) is 5.71. The largest absolute Gasteiger partial charge is 0.295 e. The summed E-state index contributed by atoms with van der Waals surface area (Å²) in [6.07, 6.45) is 25.2. The van der Waals surface area contributed by atoms with Gasteiger partial charge in [-0.25, -0.2) is 4.79 Å². The van der Waals surface area contributed by atoms with Gasteiger partial charge in [-0.15, -0.1) is 0 Å². The van der Waals surface area contributed by atoms with Gasteiger partial charge in [-0.2, -0.15) is 0 Å². The Morgan fingerprint density at radius 3 is 2.08 bits per heavy atom. The molecule has 0 saturated heterocycles. The molecule has 0 N–H and O–H groups in total. The number of hydrogen-bond donors (Lipinski definition) is 0. The first kappa shape index (κ1) is 22.8. The molecule has 0 aliphatic heterocycles. The Bertz CT molecular complexity index is 529. The normalized spacial score (nSPS) is 11.7. The Morgan fingerprint density at radius 1 is 0.760 bits per heavy atom. The predicted molar refractivity (Wildman–Crippen MR) is 104 cm³/mol. The lowest BCUT2D eigenvalue weighted by atomic mass is 10.1. The van der Waals surface area contributed by atoms with Gasteiger partial charge in [0.05, 0.1) is 6.08 Å². The molecule has 0 unspecified atom stereocenters. The number of carbonyl (C=O) groups excluding carboxylic acids is 3. The van der Waals surface area contributed by atoms with Gasteiger partial charge in [0, 0.05) is 6.42 Å². The lowest BCUT2D eigenvalue weighted by Gasteiger charge is -1.96. The number of unbranched alkanes of at least 4 members (excludes halogenated alkanes) is 6. The van der Waals surface area contributed by atoms with Gasteiger partial charge >= 0.3 is 0 Å². The molecule has 0 aliphatic carbocycles. The van der Waals surface area contributed by atoms with E-state index in [-0.39, 0.29) is 11.6 Å². The van der Waals surface area contributed by atoms with E-state index in [1.807, 2.05) is 19.1 Å². The second kappa shape index (κ2) is 18.1. The molecule has 0 amide bonds. The van der Waals surface area contributed by atoms with Crippen molar-refractivity contribution >= 4 is 17.5 Å². The molecule has 3 heteroatoms. The molecule has 0 aliphatic rings. The van der Waals surface area contributed by atoms with E-state index in [1.54, 1.807) is 12.2 Å². The highest BCUT2D eigenvalue weighted by atomic mass is 16.1. The molecule has 3 nitrogen and oxygen atoms in total. The Morgan fingerprint density at radius 2 is 1.40 bits per heavy atom. The zero-order valence-corrected chi connectivity index (χ0v) is 15.3. The first-order valence-corrected chi connectivity index (χ1v) is 9.13. The van der Waals surface area contributed by atoms with E-state index < -0.39 is 0 Å². The fraction of sp³-hybridized carbons (Fsp3) is 0.455. The summed E-state index contributed by atoms with van der Waals surface area (Å²) in [6, 6.07) is 0. The van der Waals surface area contributed by atoms with Crippen LogP contribution in [0.1, 0.15) is 64.7 Å². The maximum Gasteiger partial charge on any atom is 0.189 e. The minimum absolute atomic E-state index is 0.157. The predicted octanol–water partition coefficient (Wildman–Crippen LogP) is 5.27. The van der Waals surface area contributed by atoms with Crippen LogP contribution in [0.3, 0.4) is 0 Å². The van der Waals surface area contributed by atoms with E-state index in [0.29, 0.717) is 6.42 Å². The zero-order valence-electron chi connectivity index (χ0n) is 15.3. The first-order valence-electron chi connectivity index (χ1n) is 9.13. The summed E-state index contributed by atoms with van der Waals surface area (Å²) in [5.41, 5.74) is 0. The van der Waals surface area contributed by atoms with E-state index in [4.69, 9.17) is 0 Å². The topological polar surface area (TPSA) is 51.2 Å². The van der Waals surface area contributed by atoms with Gasteiger partial charge in [-0.1, -0.05) is 56.2 Å². The smallest absolute Gasteiger partial charge is 0.189 e. The lowest BCUT2D eigenvalue weighted by Crippen LogP contribution is -1.85. The van der Waals surface area contributed by atoms with Crippen molar-refractivity contribution in [2.75, 3.05) is 0 Å². The first-order chi connectivity index (χ1) is 12.2. The second-order valence-electron chi connectivity index (χ2n) is 5.71. The van der Waals surface area contributed by atoms with Gasteiger partial charge < -0.3 is 0 Å². The van der Waals surface area contributed by atoms with Crippen LogP contribution in [0.4, 0.5) is 0 Å². The van der Waals surface area contributed by atoms with E-state index in [2.05, 4.69) is 18.2 Å². The van der Waals surface area contributed by atoms with Gasteiger partial charge in [0.25, 0.3) is 0 Å².